The first-order chi connectivity index (χ1) is 18.2. The van der Waals surface area contributed by atoms with Gasteiger partial charge < -0.3 is 19.0 Å². The first-order valence-electron chi connectivity index (χ1n) is 14.0. The summed E-state index contributed by atoms with van der Waals surface area (Å²) in [5.41, 5.74) is 0.921. The van der Waals surface area contributed by atoms with Gasteiger partial charge in [0.2, 0.25) is 0 Å². The van der Waals surface area contributed by atoms with E-state index in [4.69, 9.17) is 19.1 Å². The predicted octanol–water partition coefficient (Wildman–Crippen LogP) is 5.84. The Morgan fingerprint density at radius 1 is 1.13 bits per heavy atom. The molecule has 2 fully saturated rings. The molecular weight excluding hydrogens is 500 g/mol. The van der Waals surface area contributed by atoms with Gasteiger partial charge in [0, 0.05) is 37.7 Å². The Kier molecular flexibility index (Phi) is 9.39. The Hall–Kier alpha value is -2.55. The van der Waals surface area contributed by atoms with Gasteiger partial charge in [-0.2, -0.15) is 0 Å². The fourth-order valence-corrected chi connectivity index (χ4v) is 5.92. The van der Waals surface area contributed by atoms with Crippen LogP contribution in [0.2, 0.25) is 0 Å². The number of aromatic nitrogens is 2. The number of piperidine rings is 1. The van der Waals surface area contributed by atoms with Crippen LogP contribution < -0.4 is 4.90 Å². The van der Waals surface area contributed by atoms with E-state index in [1.807, 2.05) is 6.07 Å². The van der Waals surface area contributed by atoms with Crippen LogP contribution in [0.1, 0.15) is 94.6 Å². The fourth-order valence-electron chi connectivity index (χ4n) is 5.17. The maximum absolute atomic E-state index is 13.1. The predicted molar refractivity (Wildman–Crippen MR) is 150 cm³/mol. The van der Waals surface area contributed by atoms with Crippen molar-refractivity contribution in [2.45, 2.75) is 95.0 Å². The molecule has 1 saturated carbocycles. The van der Waals surface area contributed by atoms with Gasteiger partial charge in [-0.1, -0.05) is 51.8 Å². The number of carbonyl (C=O) groups is 2. The van der Waals surface area contributed by atoms with Crippen molar-refractivity contribution in [3.8, 4) is 0 Å². The molecule has 0 bridgehead atoms. The average molecular weight is 543 g/mol. The van der Waals surface area contributed by atoms with E-state index in [0.717, 1.165) is 24.4 Å². The SMILES string of the molecule is CCOC(=O)[C@@H]1CCCN(C(=O)c2ccc(CSc3nc(N(C)C4CCCCC4)cc(C(C)(C)C)n3)o2)C1. The molecule has 38 heavy (non-hydrogen) atoms. The Labute approximate surface area is 230 Å². The van der Waals surface area contributed by atoms with E-state index in [0.29, 0.717) is 48.2 Å². The van der Waals surface area contributed by atoms with Gasteiger partial charge in [0.25, 0.3) is 5.91 Å². The van der Waals surface area contributed by atoms with Gasteiger partial charge in [-0.15, -0.1) is 0 Å². The van der Waals surface area contributed by atoms with E-state index in [1.54, 1.807) is 17.9 Å². The Morgan fingerprint density at radius 2 is 1.89 bits per heavy atom. The standard InChI is InChI=1S/C29H42N4O4S/c1-6-36-27(35)20-11-10-16-33(18-20)26(34)23-15-14-22(37-23)19-38-28-30-24(29(2,3)4)17-25(31-28)32(5)21-12-8-7-9-13-21/h14-15,17,20-21H,6-13,16,18-19H2,1-5H3/t20-/m1/s1. The molecule has 0 unspecified atom stereocenters. The Balaban J connectivity index is 1.43. The molecule has 208 valence electrons. The fraction of sp³-hybridized carbons (Fsp3) is 0.655. The Morgan fingerprint density at radius 3 is 2.61 bits per heavy atom. The number of rotatable bonds is 8. The Bertz CT molecular complexity index is 1110. The summed E-state index contributed by atoms with van der Waals surface area (Å²) >= 11 is 1.52. The number of hydrogen-bond acceptors (Lipinski definition) is 8. The molecule has 1 aliphatic carbocycles. The van der Waals surface area contributed by atoms with Crippen LogP contribution in [0.5, 0.6) is 0 Å². The minimum absolute atomic E-state index is 0.0967. The van der Waals surface area contributed by atoms with Crippen LogP contribution in [0.15, 0.2) is 27.8 Å². The van der Waals surface area contributed by atoms with Crippen molar-refractivity contribution in [1.29, 1.82) is 0 Å². The first-order valence-corrected chi connectivity index (χ1v) is 14.9. The molecule has 0 spiro atoms. The van der Waals surface area contributed by atoms with Crippen molar-refractivity contribution < 1.29 is 18.7 Å². The second-order valence-electron chi connectivity index (χ2n) is 11.4. The van der Waals surface area contributed by atoms with E-state index < -0.39 is 0 Å². The van der Waals surface area contributed by atoms with E-state index in [-0.39, 0.29) is 23.2 Å². The molecular formula is C29H42N4O4S. The molecule has 1 atom stereocenters. The zero-order valence-corrected chi connectivity index (χ0v) is 24.3. The van der Waals surface area contributed by atoms with Crippen LogP contribution in [0.25, 0.3) is 0 Å². The number of furan rings is 1. The normalized spacial score (nSPS) is 18.9. The number of hydrogen-bond donors (Lipinski definition) is 0. The molecule has 0 aromatic carbocycles. The highest BCUT2D eigenvalue weighted by molar-refractivity contribution is 7.98. The first kappa shape index (κ1) is 28.5. The highest BCUT2D eigenvalue weighted by atomic mass is 32.2. The molecule has 1 saturated heterocycles. The lowest BCUT2D eigenvalue weighted by Crippen LogP contribution is -2.42. The summed E-state index contributed by atoms with van der Waals surface area (Å²) in [6.45, 7) is 9.65. The third-order valence-corrected chi connectivity index (χ3v) is 8.36. The summed E-state index contributed by atoms with van der Waals surface area (Å²) in [7, 11) is 2.15. The number of amides is 1. The summed E-state index contributed by atoms with van der Waals surface area (Å²) in [4.78, 5) is 39.0. The van der Waals surface area contributed by atoms with Gasteiger partial charge in [-0.25, -0.2) is 9.97 Å². The number of ether oxygens (including phenoxy) is 1. The summed E-state index contributed by atoms with van der Waals surface area (Å²) in [5.74, 6) is 1.81. The third-order valence-electron chi connectivity index (χ3n) is 7.49. The molecule has 2 aliphatic rings. The average Bonchev–Trinajstić information content (AvgIpc) is 3.40. The summed E-state index contributed by atoms with van der Waals surface area (Å²) in [6.07, 6.45) is 7.79. The minimum Gasteiger partial charge on any atom is -0.466 e. The van der Waals surface area contributed by atoms with Crippen LogP contribution >= 0.6 is 11.8 Å². The second-order valence-corrected chi connectivity index (χ2v) is 12.4. The van der Waals surface area contributed by atoms with Gasteiger partial charge in [0.1, 0.15) is 11.6 Å². The van der Waals surface area contributed by atoms with E-state index >= 15 is 0 Å². The van der Waals surface area contributed by atoms with E-state index in [2.05, 4.69) is 38.8 Å². The zero-order valence-electron chi connectivity index (χ0n) is 23.5. The van der Waals surface area contributed by atoms with E-state index in [9.17, 15) is 9.59 Å². The van der Waals surface area contributed by atoms with Crippen molar-refractivity contribution in [1.82, 2.24) is 14.9 Å². The highest BCUT2D eigenvalue weighted by Crippen LogP contribution is 2.31. The van der Waals surface area contributed by atoms with Crippen LogP contribution in [-0.2, 0) is 20.7 Å². The van der Waals surface area contributed by atoms with Crippen LogP contribution in [0, 0.1) is 5.92 Å². The summed E-state index contributed by atoms with van der Waals surface area (Å²) in [5, 5.41) is 0.715. The van der Waals surface area contributed by atoms with Crippen LogP contribution in [0.4, 0.5) is 5.82 Å². The smallest absolute Gasteiger partial charge is 0.310 e. The number of likely N-dealkylation sites (tertiary alicyclic amines) is 1. The lowest BCUT2D eigenvalue weighted by molar-refractivity contribution is -0.149. The number of anilines is 1. The maximum Gasteiger partial charge on any atom is 0.310 e. The quantitative estimate of drug-likeness (QED) is 0.233. The van der Waals surface area contributed by atoms with Gasteiger partial charge >= 0.3 is 5.97 Å². The molecule has 1 aliphatic heterocycles. The molecule has 8 nitrogen and oxygen atoms in total. The van der Waals surface area contributed by atoms with Crippen molar-refractivity contribution in [2.75, 3.05) is 31.6 Å². The highest BCUT2D eigenvalue weighted by Gasteiger charge is 2.31. The molecule has 2 aromatic rings. The molecule has 1 amide bonds. The third kappa shape index (κ3) is 7.10. The lowest BCUT2D eigenvalue weighted by atomic mass is 9.91. The molecule has 4 rings (SSSR count). The summed E-state index contributed by atoms with van der Waals surface area (Å²) < 4.78 is 11.1. The molecule has 3 heterocycles. The largest absolute Gasteiger partial charge is 0.466 e. The summed E-state index contributed by atoms with van der Waals surface area (Å²) in [6, 6.07) is 6.21. The van der Waals surface area contributed by atoms with Crippen LogP contribution in [-0.4, -0.2) is 59.5 Å². The van der Waals surface area contributed by atoms with Crippen molar-refractivity contribution in [2.24, 2.45) is 5.92 Å². The topological polar surface area (TPSA) is 88.8 Å². The lowest BCUT2D eigenvalue weighted by Gasteiger charge is -2.33. The molecule has 0 N–H and O–H groups in total. The molecule has 9 heteroatoms. The number of carbonyl (C=O) groups excluding carboxylic acids is 2. The number of esters is 1. The molecule has 2 aromatic heterocycles. The van der Waals surface area contributed by atoms with Gasteiger partial charge in [-0.05, 0) is 44.7 Å². The van der Waals surface area contributed by atoms with Gasteiger partial charge in [-0.3, -0.25) is 9.59 Å². The second kappa shape index (κ2) is 12.5. The van der Waals surface area contributed by atoms with Crippen molar-refractivity contribution in [3.05, 3.63) is 35.4 Å². The van der Waals surface area contributed by atoms with Gasteiger partial charge in [0.15, 0.2) is 10.9 Å². The number of nitrogens with zero attached hydrogens (tertiary/aromatic N) is 4. The van der Waals surface area contributed by atoms with Crippen molar-refractivity contribution >= 4 is 29.5 Å². The maximum atomic E-state index is 13.1. The van der Waals surface area contributed by atoms with Crippen molar-refractivity contribution in [3.63, 3.8) is 0 Å². The van der Waals surface area contributed by atoms with E-state index in [1.165, 1.54) is 43.9 Å². The zero-order chi connectivity index (χ0) is 27.3. The number of thioether (sulfide) groups is 1. The van der Waals surface area contributed by atoms with Crippen LogP contribution in [0.3, 0.4) is 0 Å². The van der Waals surface area contributed by atoms with Gasteiger partial charge in [0.05, 0.1) is 24.0 Å². The minimum atomic E-state index is -0.272. The molecule has 0 radical (unpaired) electrons. The monoisotopic (exact) mass is 542 g/mol.